The minimum absolute atomic E-state index is 0.156. The zero-order chi connectivity index (χ0) is 16.1. The van der Waals surface area contributed by atoms with E-state index in [4.69, 9.17) is 4.74 Å². The summed E-state index contributed by atoms with van der Waals surface area (Å²) in [5, 5.41) is 3.67. The van der Waals surface area contributed by atoms with Gasteiger partial charge in [-0.15, -0.1) is 0 Å². The molecule has 0 amide bonds. The van der Waals surface area contributed by atoms with Gasteiger partial charge in [-0.1, -0.05) is 31.0 Å². The maximum absolute atomic E-state index is 5.62. The molecule has 1 saturated carbocycles. The fourth-order valence-corrected chi connectivity index (χ4v) is 3.66. The van der Waals surface area contributed by atoms with Gasteiger partial charge in [0, 0.05) is 42.2 Å². The fraction of sp³-hybridized carbons (Fsp3) is 0.474. The van der Waals surface area contributed by atoms with Crippen LogP contribution in [-0.2, 0) is 5.41 Å². The van der Waals surface area contributed by atoms with E-state index in [1.165, 1.54) is 31.2 Å². The molecule has 4 nitrogen and oxygen atoms in total. The molecular formula is C19H25N3O. The molecule has 1 aromatic heterocycles. The molecule has 1 atom stereocenters. The number of nitrogens with one attached hydrogen (secondary N) is 1. The van der Waals surface area contributed by atoms with Crippen LogP contribution < -0.4 is 10.1 Å². The van der Waals surface area contributed by atoms with Gasteiger partial charge >= 0.3 is 0 Å². The van der Waals surface area contributed by atoms with E-state index in [2.05, 4.69) is 40.4 Å². The van der Waals surface area contributed by atoms with Gasteiger partial charge in [-0.3, -0.25) is 9.97 Å². The van der Waals surface area contributed by atoms with Crippen molar-refractivity contribution in [3.05, 3.63) is 54.1 Å². The van der Waals surface area contributed by atoms with Gasteiger partial charge in [0.1, 0.15) is 5.75 Å². The van der Waals surface area contributed by atoms with Crippen molar-refractivity contribution >= 4 is 0 Å². The van der Waals surface area contributed by atoms with Crippen LogP contribution in [0.3, 0.4) is 0 Å². The number of benzene rings is 1. The first-order valence-corrected chi connectivity index (χ1v) is 8.38. The third-order valence-corrected chi connectivity index (χ3v) is 5.01. The van der Waals surface area contributed by atoms with Crippen LogP contribution in [0.15, 0.2) is 42.9 Å². The fourth-order valence-electron chi connectivity index (χ4n) is 3.66. The number of para-hydroxylation sites is 1. The number of hydrogen-bond acceptors (Lipinski definition) is 4. The molecule has 1 aliphatic carbocycles. The third kappa shape index (κ3) is 3.37. The first-order chi connectivity index (χ1) is 11.2. The lowest BCUT2D eigenvalue weighted by molar-refractivity contribution is 0.350. The summed E-state index contributed by atoms with van der Waals surface area (Å²) in [6, 6.07) is 8.64. The van der Waals surface area contributed by atoms with E-state index in [9.17, 15) is 0 Å². The zero-order valence-corrected chi connectivity index (χ0v) is 14.0. The molecule has 1 fully saturated rings. The predicted molar refractivity (Wildman–Crippen MR) is 91.6 cm³/mol. The van der Waals surface area contributed by atoms with Crippen molar-refractivity contribution < 1.29 is 4.74 Å². The lowest BCUT2D eigenvalue weighted by Crippen LogP contribution is -2.37. The predicted octanol–water partition coefficient (Wildman–Crippen LogP) is 3.65. The highest BCUT2D eigenvalue weighted by Gasteiger charge is 2.37. The highest BCUT2D eigenvalue weighted by atomic mass is 16.5. The van der Waals surface area contributed by atoms with Gasteiger partial charge in [0.25, 0.3) is 0 Å². The summed E-state index contributed by atoms with van der Waals surface area (Å²) in [5.41, 5.74) is 2.47. The number of hydrogen-bond donors (Lipinski definition) is 1. The van der Waals surface area contributed by atoms with Crippen molar-refractivity contribution in [3.63, 3.8) is 0 Å². The van der Waals surface area contributed by atoms with Gasteiger partial charge in [0.05, 0.1) is 12.8 Å². The molecule has 3 rings (SSSR count). The van der Waals surface area contributed by atoms with E-state index in [1.54, 1.807) is 19.5 Å². The van der Waals surface area contributed by atoms with Crippen LogP contribution in [0.25, 0.3) is 0 Å². The Morgan fingerprint density at radius 1 is 1.22 bits per heavy atom. The Balaban J connectivity index is 1.79. The molecule has 1 aliphatic rings. The topological polar surface area (TPSA) is 47.0 Å². The molecule has 4 heteroatoms. The standard InChI is InChI=1S/C19H25N3O/c1-15(17-13-20-11-12-21-17)22-14-19(9-5-6-10-19)16-7-3-4-8-18(16)23-2/h3-4,7-8,11-13,15,22H,5-6,9-10,14H2,1-2H3/t15-/m0/s1. The van der Waals surface area contributed by atoms with E-state index in [1.807, 2.05) is 12.3 Å². The third-order valence-electron chi connectivity index (χ3n) is 5.01. The quantitative estimate of drug-likeness (QED) is 0.884. The highest BCUT2D eigenvalue weighted by molar-refractivity contribution is 5.40. The molecule has 2 aromatic rings. The Morgan fingerprint density at radius 2 is 2.00 bits per heavy atom. The number of nitrogens with zero attached hydrogens (tertiary/aromatic N) is 2. The molecule has 0 aliphatic heterocycles. The van der Waals surface area contributed by atoms with Crippen LogP contribution in [0.1, 0.15) is 49.9 Å². The second-order valence-electron chi connectivity index (χ2n) is 6.42. The Kier molecular flexibility index (Phi) is 4.91. The monoisotopic (exact) mass is 311 g/mol. The van der Waals surface area contributed by atoms with E-state index >= 15 is 0 Å². The van der Waals surface area contributed by atoms with Gasteiger partial charge in [0.2, 0.25) is 0 Å². The number of rotatable bonds is 6. The molecule has 0 saturated heterocycles. The Labute approximate surface area is 138 Å². The lowest BCUT2D eigenvalue weighted by Gasteiger charge is -2.32. The van der Waals surface area contributed by atoms with Crippen molar-refractivity contribution in [1.29, 1.82) is 0 Å². The summed E-state index contributed by atoms with van der Waals surface area (Å²) in [6.07, 6.45) is 10.3. The van der Waals surface area contributed by atoms with E-state index < -0.39 is 0 Å². The summed E-state index contributed by atoms with van der Waals surface area (Å²) >= 11 is 0. The van der Waals surface area contributed by atoms with Crippen LogP contribution in [0, 0.1) is 0 Å². The van der Waals surface area contributed by atoms with Crippen LogP contribution in [0.4, 0.5) is 0 Å². The number of aromatic nitrogens is 2. The molecule has 0 bridgehead atoms. The van der Waals surface area contributed by atoms with Crippen LogP contribution in [-0.4, -0.2) is 23.6 Å². The highest BCUT2D eigenvalue weighted by Crippen LogP contribution is 2.44. The summed E-state index contributed by atoms with van der Waals surface area (Å²) in [7, 11) is 1.76. The molecular weight excluding hydrogens is 286 g/mol. The normalized spacial score (nSPS) is 17.8. The SMILES string of the molecule is COc1ccccc1C1(CN[C@@H](C)c2cnccn2)CCCC1. The van der Waals surface area contributed by atoms with Crippen molar-refractivity contribution in [2.45, 2.75) is 44.1 Å². The van der Waals surface area contributed by atoms with E-state index in [-0.39, 0.29) is 11.5 Å². The first-order valence-electron chi connectivity index (χ1n) is 8.38. The summed E-state index contributed by atoms with van der Waals surface area (Å²) in [4.78, 5) is 8.57. The number of methoxy groups -OCH3 is 1. The average Bonchev–Trinajstić information content (AvgIpc) is 3.10. The van der Waals surface area contributed by atoms with Crippen LogP contribution in [0.2, 0.25) is 0 Å². The van der Waals surface area contributed by atoms with Crippen LogP contribution in [0.5, 0.6) is 5.75 Å². The smallest absolute Gasteiger partial charge is 0.122 e. The first kappa shape index (κ1) is 15.9. The minimum atomic E-state index is 0.156. The van der Waals surface area contributed by atoms with Gasteiger partial charge in [-0.05, 0) is 25.8 Å². The number of ether oxygens (including phenoxy) is 1. The van der Waals surface area contributed by atoms with Gasteiger partial charge < -0.3 is 10.1 Å². The van der Waals surface area contributed by atoms with Gasteiger partial charge in [-0.25, -0.2) is 0 Å². The second-order valence-corrected chi connectivity index (χ2v) is 6.42. The molecule has 0 radical (unpaired) electrons. The minimum Gasteiger partial charge on any atom is -0.496 e. The molecule has 1 aromatic carbocycles. The summed E-state index contributed by atoms with van der Waals surface area (Å²) in [6.45, 7) is 3.08. The van der Waals surface area contributed by atoms with Crippen molar-refractivity contribution in [1.82, 2.24) is 15.3 Å². The molecule has 23 heavy (non-hydrogen) atoms. The maximum atomic E-state index is 5.62. The molecule has 0 unspecified atom stereocenters. The Hall–Kier alpha value is -1.94. The summed E-state index contributed by atoms with van der Waals surface area (Å²) in [5.74, 6) is 1.00. The van der Waals surface area contributed by atoms with E-state index in [0.717, 1.165) is 18.0 Å². The van der Waals surface area contributed by atoms with E-state index in [0.29, 0.717) is 0 Å². The Bertz CT molecular complexity index is 624. The molecule has 0 spiro atoms. The molecule has 122 valence electrons. The zero-order valence-electron chi connectivity index (χ0n) is 14.0. The van der Waals surface area contributed by atoms with Crippen molar-refractivity contribution in [3.8, 4) is 5.75 Å². The average molecular weight is 311 g/mol. The summed E-state index contributed by atoms with van der Waals surface area (Å²) < 4.78 is 5.62. The van der Waals surface area contributed by atoms with Crippen LogP contribution >= 0.6 is 0 Å². The maximum Gasteiger partial charge on any atom is 0.122 e. The second kappa shape index (κ2) is 7.09. The molecule has 1 heterocycles. The van der Waals surface area contributed by atoms with Crippen molar-refractivity contribution in [2.24, 2.45) is 0 Å². The van der Waals surface area contributed by atoms with Gasteiger partial charge in [0.15, 0.2) is 0 Å². The van der Waals surface area contributed by atoms with Crippen molar-refractivity contribution in [2.75, 3.05) is 13.7 Å². The molecule has 1 N–H and O–H groups in total. The Morgan fingerprint density at radius 3 is 2.70 bits per heavy atom. The largest absolute Gasteiger partial charge is 0.496 e. The lowest BCUT2D eigenvalue weighted by atomic mass is 9.78. The van der Waals surface area contributed by atoms with Gasteiger partial charge in [-0.2, -0.15) is 0 Å².